The molecule has 0 aromatic heterocycles. The molecule has 0 fully saturated rings. The van der Waals surface area contributed by atoms with Crippen LogP contribution in [-0.4, -0.2) is 5.78 Å². The molecule has 3 rings (SSSR count). The normalized spacial score (nSPS) is 14.1. The highest BCUT2D eigenvalue weighted by Gasteiger charge is 2.18. The van der Waals surface area contributed by atoms with E-state index in [0.29, 0.717) is 6.42 Å². The number of carbonyl (C=O) groups is 1. The van der Waals surface area contributed by atoms with Crippen molar-refractivity contribution in [3.63, 3.8) is 0 Å². The minimum atomic E-state index is 0.187. The van der Waals surface area contributed by atoms with Gasteiger partial charge in [0.1, 0.15) is 0 Å². The molecule has 2 aromatic carbocycles. The monoisotopic (exact) mass is 234 g/mol. The minimum absolute atomic E-state index is 0.187. The first kappa shape index (κ1) is 11.0. The van der Waals surface area contributed by atoms with Gasteiger partial charge in [0.15, 0.2) is 5.78 Å². The van der Waals surface area contributed by atoms with Crippen molar-refractivity contribution < 1.29 is 4.79 Å². The number of aryl methyl sites for hydroxylation is 1. The van der Waals surface area contributed by atoms with Crippen LogP contribution in [0.15, 0.2) is 54.6 Å². The van der Waals surface area contributed by atoms with Crippen molar-refractivity contribution in [2.45, 2.75) is 13.3 Å². The predicted molar refractivity (Wildman–Crippen MR) is 73.4 cm³/mol. The first-order valence-corrected chi connectivity index (χ1v) is 6.14. The van der Waals surface area contributed by atoms with Crippen LogP contribution in [0.3, 0.4) is 0 Å². The van der Waals surface area contributed by atoms with Crippen molar-refractivity contribution in [3.05, 3.63) is 76.9 Å². The molecule has 0 spiro atoms. The Bertz CT molecular complexity index is 636. The maximum atomic E-state index is 11.8. The van der Waals surface area contributed by atoms with Gasteiger partial charge in [-0.2, -0.15) is 0 Å². The Kier molecular flexibility index (Phi) is 2.60. The number of allylic oxidation sites excluding steroid dienone is 1. The molecule has 1 heteroatoms. The zero-order chi connectivity index (χ0) is 12.5. The van der Waals surface area contributed by atoms with E-state index in [9.17, 15) is 4.79 Å². The topological polar surface area (TPSA) is 17.1 Å². The Morgan fingerprint density at radius 3 is 2.56 bits per heavy atom. The summed E-state index contributed by atoms with van der Waals surface area (Å²) < 4.78 is 0. The van der Waals surface area contributed by atoms with Crippen LogP contribution in [0, 0.1) is 6.92 Å². The highest BCUT2D eigenvalue weighted by molar-refractivity contribution is 6.05. The summed E-state index contributed by atoms with van der Waals surface area (Å²) in [6.45, 7) is 2.06. The lowest BCUT2D eigenvalue weighted by Gasteiger charge is -2.18. The molecule has 88 valence electrons. The third-order valence-electron chi connectivity index (χ3n) is 3.31. The van der Waals surface area contributed by atoms with E-state index in [1.54, 1.807) is 6.08 Å². The number of carbonyl (C=O) groups excluding carboxylic acids is 1. The van der Waals surface area contributed by atoms with Gasteiger partial charge in [-0.15, -0.1) is 0 Å². The van der Waals surface area contributed by atoms with Gasteiger partial charge in [0.2, 0.25) is 0 Å². The van der Waals surface area contributed by atoms with E-state index in [1.807, 2.05) is 30.3 Å². The number of fused-ring (bicyclic) bond motifs is 1. The lowest BCUT2D eigenvalue weighted by atomic mass is 9.86. The van der Waals surface area contributed by atoms with Gasteiger partial charge in [-0.3, -0.25) is 4.79 Å². The summed E-state index contributed by atoms with van der Waals surface area (Å²) in [5.41, 5.74) is 5.68. The van der Waals surface area contributed by atoms with Crippen molar-refractivity contribution in [1.82, 2.24) is 0 Å². The van der Waals surface area contributed by atoms with E-state index in [-0.39, 0.29) is 5.78 Å². The molecular weight excluding hydrogens is 220 g/mol. The molecule has 1 aliphatic carbocycles. The lowest BCUT2D eigenvalue weighted by Crippen LogP contribution is -2.10. The van der Waals surface area contributed by atoms with Crippen LogP contribution in [0.2, 0.25) is 0 Å². The van der Waals surface area contributed by atoms with Crippen LogP contribution in [-0.2, 0) is 11.2 Å². The quantitative estimate of drug-likeness (QED) is 0.737. The number of hydrogen-bond donors (Lipinski definition) is 0. The van der Waals surface area contributed by atoms with Crippen LogP contribution in [0.5, 0.6) is 0 Å². The number of benzene rings is 2. The summed E-state index contributed by atoms with van der Waals surface area (Å²) in [4.78, 5) is 11.8. The Labute approximate surface area is 107 Å². The number of hydrogen-bond acceptors (Lipinski definition) is 1. The van der Waals surface area contributed by atoms with Gasteiger partial charge in [-0.1, -0.05) is 54.1 Å². The Balaban J connectivity index is 2.19. The number of rotatable bonds is 1. The van der Waals surface area contributed by atoms with Crippen LogP contribution in [0.4, 0.5) is 0 Å². The van der Waals surface area contributed by atoms with Crippen LogP contribution in [0.25, 0.3) is 5.57 Å². The summed E-state index contributed by atoms with van der Waals surface area (Å²) in [7, 11) is 0. The third kappa shape index (κ3) is 1.88. The smallest absolute Gasteiger partial charge is 0.160 e. The maximum Gasteiger partial charge on any atom is 0.160 e. The average molecular weight is 234 g/mol. The molecule has 18 heavy (non-hydrogen) atoms. The van der Waals surface area contributed by atoms with Crippen molar-refractivity contribution in [2.24, 2.45) is 0 Å². The average Bonchev–Trinajstić information content (AvgIpc) is 2.38. The van der Waals surface area contributed by atoms with Gasteiger partial charge in [0.05, 0.1) is 0 Å². The fraction of sp³-hybridized carbons (Fsp3) is 0.118. The molecule has 1 nitrogen and oxygen atoms in total. The van der Waals surface area contributed by atoms with E-state index < -0.39 is 0 Å². The van der Waals surface area contributed by atoms with Crippen LogP contribution in [0.1, 0.15) is 22.3 Å². The molecule has 0 amide bonds. The zero-order valence-corrected chi connectivity index (χ0v) is 10.3. The third-order valence-corrected chi connectivity index (χ3v) is 3.31. The fourth-order valence-electron chi connectivity index (χ4n) is 2.47. The molecule has 0 radical (unpaired) electrons. The summed E-state index contributed by atoms with van der Waals surface area (Å²) in [6.07, 6.45) is 2.29. The van der Waals surface area contributed by atoms with Crippen molar-refractivity contribution >= 4 is 11.4 Å². The summed E-state index contributed by atoms with van der Waals surface area (Å²) in [6, 6.07) is 16.4. The van der Waals surface area contributed by atoms with Crippen molar-refractivity contribution in [2.75, 3.05) is 0 Å². The van der Waals surface area contributed by atoms with Crippen LogP contribution >= 0.6 is 0 Å². The van der Waals surface area contributed by atoms with Crippen molar-refractivity contribution in [1.29, 1.82) is 0 Å². The predicted octanol–water partition coefficient (Wildman–Crippen LogP) is 3.55. The van der Waals surface area contributed by atoms with Gasteiger partial charge in [-0.25, -0.2) is 0 Å². The van der Waals surface area contributed by atoms with E-state index in [1.165, 1.54) is 11.1 Å². The Hall–Kier alpha value is -2.15. The number of ketones is 1. The molecule has 2 aromatic rings. The molecular formula is C17H14O. The molecule has 0 bridgehead atoms. The second-order valence-corrected chi connectivity index (χ2v) is 4.73. The van der Waals surface area contributed by atoms with E-state index >= 15 is 0 Å². The highest BCUT2D eigenvalue weighted by atomic mass is 16.1. The first-order chi connectivity index (χ1) is 8.74. The summed E-state index contributed by atoms with van der Waals surface area (Å²) in [5.74, 6) is 0.187. The minimum Gasteiger partial charge on any atom is -0.294 e. The maximum absolute atomic E-state index is 11.8. The first-order valence-electron chi connectivity index (χ1n) is 6.14. The van der Waals surface area contributed by atoms with Gasteiger partial charge in [0, 0.05) is 6.42 Å². The molecule has 0 unspecified atom stereocenters. The second kappa shape index (κ2) is 4.26. The highest BCUT2D eigenvalue weighted by Crippen LogP contribution is 2.30. The van der Waals surface area contributed by atoms with E-state index in [0.717, 1.165) is 16.7 Å². The molecule has 0 atom stereocenters. The molecule has 0 aliphatic heterocycles. The van der Waals surface area contributed by atoms with Gasteiger partial charge in [-0.05, 0) is 35.3 Å². The zero-order valence-electron chi connectivity index (χ0n) is 10.3. The van der Waals surface area contributed by atoms with Crippen molar-refractivity contribution in [3.8, 4) is 0 Å². The Morgan fingerprint density at radius 1 is 1.00 bits per heavy atom. The molecule has 0 saturated carbocycles. The molecule has 0 N–H and O–H groups in total. The van der Waals surface area contributed by atoms with Gasteiger partial charge >= 0.3 is 0 Å². The molecule has 0 saturated heterocycles. The lowest BCUT2D eigenvalue weighted by molar-refractivity contribution is -0.114. The summed E-state index contributed by atoms with van der Waals surface area (Å²) in [5, 5.41) is 0. The van der Waals surface area contributed by atoms with E-state index in [4.69, 9.17) is 0 Å². The largest absolute Gasteiger partial charge is 0.294 e. The second-order valence-electron chi connectivity index (χ2n) is 4.73. The molecule has 0 heterocycles. The fourth-order valence-corrected chi connectivity index (χ4v) is 2.47. The standard InChI is InChI=1S/C17H14O/c1-12-7-8-16-14(9-12)10-15(18)11-17(16)13-5-3-2-4-6-13/h2-9,11H,10H2,1H3. The van der Waals surface area contributed by atoms with Crippen LogP contribution < -0.4 is 0 Å². The van der Waals surface area contributed by atoms with Gasteiger partial charge in [0.25, 0.3) is 0 Å². The van der Waals surface area contributed by atoms with Gasteiger partial charge < -0.3 is 0 Å². The summed E-state index contributed by atoms with van der Waals surface area (Å²) >= 11 is 0. The van der Waals surface area contributed by atoms with E-state index in [2.05, 4.69) is 25.1 Å². The Morgan fingerprint density at radius 2 is 1.78 bits per heavy atom. The molecule has 1 aliphatic rings. The SMILES string of the molecule is Cc1ccc2c(c1)CC(=O)C=C2c1ccccc1.